The fourth-order valence-corrected chi connectivity index (χ4v) is 1.94. The maximum atomic E-state index is 11.9. The van der Waals surface area contributed by atoms with Gasteiger partial charge >= 0.3 is 0 Å². The smallest absolute Gasteiger partial charge is 0.269 e. The second-order valence-corrected chi connectivity index (χ2v) is 5.09. The number of allylic oxidation sites excluding steroid dienone is 1. The largest absolute Gasteiger partial charge is 0.362 e. The summed E-state index contributed by atoms with van der Waals surface area (Å²) in [5.41, 5.74) is 1.04. The van der Waals surface area contributed by atoms with Gasteiger partial charge in [-0.1, -0.05) is 23.2 Å². The van der Waals surface area contributed by atoms with Gasteiger partial charge in [-0.15, -0.1) is 0 Å². The van der Waals surface area contributed by atoms with Crippen molar-refractivity contribution in [2.24, 2.45) is 0 Å². The lowest BCUT2D eigenvalue weighted by Crippen LogP contribution is -1.96. The summed E-state index contributed by atoms with van der Waals surface area (Å²) in [6.45, 7) is 0. The molecule has 7 heteroatoms. The van der Waals surface area contributed by atoms with Crippen molar-refractivity contribution in [1.29, 1.82) is 0 Å². The van der Waals surface area contributed by atoms with Gasteiger partial charge in [-0.05, 0) is 30.3 Å². The molecule has 2 aromatic carbocycles. The van der Waals surface area contributed by atoms with Gasteiger partial charge in [0.25, 0.3) is 5.69 Å². The number of hydrogen-bond acceptors (Lipinski definition) is 4. The number of rotatable bonds is 5. The molecule has 0 unspecified atom stereocenters. The molecule has 0 saturated heterocycles. The van der Waals surface area contributed by atoms with E-state index in [-0.39, 0.29) is 11.5 Å². The molecule has 5 nitrogen and oxygen atoms in total. The van der Waals surface area contributed by atoms with Crippen LogP contribution in [0.5, 0.6) is 0 Å². The molecule has 0 aliphatic rings. The van der Waals surface area contributed by atoms with Crippen LogP contribution in [0.2, 0.25) is 10.0 Å². The maximum absolute atomic E-state index is 11.9. The van der Waals surface area contributed by atoms with Crippen LogP contribution in [-0.4, -0.2) is 10.7 Å². The van der Waals surface area contributed by atoms with Gasteiger partial charge in [-0.3, -0.25) is 14.9 Å². The van der Waals surface area contributed by atoms with Crippen molar-refractivity contribution in [3.05, 3.63) is 80.5 Å². The lowest BCUT2D eigenvalue weighted by Gasteiger charge is -2.01. The first-order valence-electron chi connectivity index (χ1n) is 6.14. The number of nitro benzene ring substituents is 1. The van der Waals surface area contributed by atoms with Crippen LogP contribution >= 0.6 is 23.2 Å². The van der Waals surface area contributed by atoms with Gasteiger partial charge in [0.05, 0.1) is 15.0 Å². The lowest BCUT2D eigenvalue weighted by atomic mass is 10.1. The van der Waals surface area contributed by atoms with Crippen LogP contribution in [0, 0.1) is 10.1 Å². The van der Waals surface area contributed by atoms with Crippen molar-refractivity contribution in [1.82, 2.24) is 0 Å². The van der Waals surface area contributed by atoms with Crippen molar-refractivity contribution in [3.8, 4) is 0 Å². The van der Waals surface area contributed by atoms with Crippen molar-refractivity contribution < 1.29 is 9.72 Å². The Balaban J connectivity index is 2.00. The second-order valence-electron chi connectivity index (χ2n) is 4.27. The topological polar surface area (TPSA) is 72.2 Å². The number of halogens is 2. The van der Waals surface area contributed by atoms with Crippen molar-refractivity contribution in [2.75, 3.05) is 5.32 Å². The van der Waals surface area contributed by atoms with E-state index in [0.717, 1.165) is 0 Å². The van der Waals surface area contributed by atoms with E-state index < -0.39 is 4.92 Å². The summed E-state index contributed by atoms with van der Waals surface area (Å²) in [4.78, 5) is 22.0. The molecule has 1 N–H and O–H groups in total. The predicted octanol–water partition coefficient (Wildman–Crippen LogP) is 4.71. The van der Waals surface area contributed by atoms with Gasteiger partial charge in [0.1, 0.15) is 0 Å². The summed E-state index contributed by atoms with van der Waals surface area (Å²) in [7, 11) is 0. The number of nitro groups is 1. The molecule has 2 aromatic rings. The van der Waals surface area contributed by atoms with E-state index in [1.807, 2.05) is 0 Å². The lowest BCUT2D eigenvalue weighted by molar-refractivity contribution is -0.384. The number of non-ortho nitro benzene ring substituents is 1. The maximum Gasteiger partial charge on any atom is 0.269 e. The summed E-state index contributed by atoms with van der Waals surface area (Å²) >= 11 is 11.6. The number of benzene rings is 2. The minimum absolute atomic E-state index is 0.00131. The van der Waals surface area contributed by atoms with Gasteiger partial charge in [0.15, 0.2) is 5.78 Å². The minimum Gasteiger partial charge on any atom is -0.362 e. The number of nitrogens with zero attached hydrogens (tertiary/aromatic N) is 1. The molecule has 0 amide bonds. The van der Waals surface area contributed by atoms with E-state index in [1.165, 1.54) is 30.5 Å². The molecular formula is C15H10Cl2N2O3. The molecule has 0 bridgehead atoms. The third kappa shape index (κ3) is 4.07. The highest BCUT2D eigenvalue weighted by Crippen LogP contribution is 2.23. The fraction of sp³-hybridized carbons (Fsp3) is 0. The van der Waals surface area contributed by atoms with Crippen molar-refractivity contribution >= 4 is 40.4 Å². The highest BCUT2D eigenvalue weighted by atomic mass is 35.5. The quantitative estimate of drug-likeness (QED) is 0.371. The zero-order valence-corrected chi connectivity index (χ0v) is 12.6. The van der Waals surface area contributed by atoms with E-state index >= 15 is 0 Å². The Hall–Kier alpha value is -2.37. The molecule has 0 aliphatic carbocycles. The molecule has 0 heterocycles. The summed E-state index contributed by atoms with van der Waals surface area (Å²) in [6.07, 6.45) is 2.78. The molecule has 0 saturated carbocycles. The summed E-state index contributed by atoms with van der Waals surface area (Å²) in [6, 6.07) is 10.5. The average Bonchev–Trinajstić information content (AvgIpc) is 2.50. The standard InChI is InChI=1S/C15H10Cl2N2O3/c16-13-6-1-10(9-14(13)17)15(20)7-8-18-11-2-4-12(5-3-11)19(21)22/h1-9,18H. The van der Waals surface area contributed by atoms with Crippen LogP contribution in [0.15, 0.2) is 54.7 Å². The van der Waals surface area contributed by atoms with Gasteiger partial charge in [0, 0.05) is 35.7 Å². The third-order valence-electron chi connectivity index (χ3n) is 2.77. The zero-order valence-electron chi connectivity index (χ0n) is 11.1. The molecule has 22 heavy (non-hydrogen) atoms. The zero-order chi connectivity index (χ0) is 16.1. The van der Waals surface area contributed by atoms with Gasteiger partial charge < -0.3 is 5.32 Å². The van der Waals surface area contributed by atoms with Gasteiger partial charge in [-0.2, -0.15) is 0 Å². The van der Waals surface area contributed by atoms with Crippen molar-refractivity contribution in [2.45, 2.75) is 0 Å². The average molecular weight is 337 g/mol. The monoisotopic (exact) mass is 336 g/mol. The molecule has 0 fully saturated rings. The van der Waals surface area contributed by atoms with E-state index in [0.29, 0.717) is 21.3 Å². The number of carbonyl (C=O) groups is 1. The Labute approximate surface area is 136 Å². The van der Waals surface area contributed by atoms with Gasteiger partial charge in [-0.25, -0.2) is 0 Å². The molecule has 0 radical (unpaired) electrons. The Morgan fingerprint density at radius 2 is 1.77 bits per heavy atom. The number of hydrogen-bond donors (Lipinski definition) is 1. The fourth-order valence-electron chi connectivity index (χ4n) is 1.64. The Bertz CT molecular complexity index is 743. The molecule has 2 rings (SSSR count). The summed E-state index contributed by atoms with van der Waals surface area (Å²) in [5.74, 6) is -0.243. The minimum atomic E-state index is -0.479. The van der Waals surface area contributed by atoms with Crippen LogP contribution < -0.4 is 5.32 Å². The normalized spacial score (nSPS) is 10.6. The highest BCUT2D eigenvalue weighted by molar-refractivity contribution is 6.42. The summed E-state index contributed by atoms with van der Waals surface area (Å²) < 4.78 is 0. The Morgan fingerprint density at radius 3 is 2.36 bits per heavy atom. The molecule has 112 valence electrons. The Morgan fingerprint density at radius 1 is 1.09 bits per heavy atom. The number of anilines is 1. The van der Waals surface area contributed by atoms with Crippen LogP contribution in [0.4, 0.5) is 11.4 Å². The molecule has 0 spiro atoms. The first-order valence-corrected chi connectivity index (χ1v) is 6.90. The SMILES string of the molecule is O=C(C=CNc1ccc([N+](=O)[O-])cc1)c1ccc(Cl)c(Cl)c1. The van der Waals surface area contributed by atoms with E-state index in [1.54, 1.807) is 24.3 Å². The molecular weight excluding hydrogens is 327 g/mol. The molecule has 0 aromatic heterocycles. The molecule has 0 aliphatic heterocycles. The third-order valence-corrected chi connectivity index (χ3v) is 3.51. The number of nitrogens with one attached hydrogen (secondary N) is 1. The van der Waals surface area contributed by atoms with E-state index in [4.69, 9.17) is 23.2 Å². The first-order chi connectivity index (χ1) is 10.5. The van der Waals surface area contributed by atoms with Crippen molar-refractivity contribution in [3.63, 3.8) is 0 Å². The van der Waals surface area contributed by atoms with Crippen LogP contribution in [0.3, 0.4) is 0 Å². The Kier molecular flexibility index (Phi) is 5.14. The predicted molar refractivity (Wildman–Crippen MR) is 86.7 cm³/mol. The van der Waals surface area contributed by atoms with Gasteiger partial charge in [0.2, 0.25) is 0 Å². The number of ketones is 1. The van der Waals surface area contributed by atoms with Crippen LogP contribution in [0.1, 0.15) is 10.4 Å². The van der Waals surface area contributed by atoms with Crippen LogP contribution in [-0.2, 0) is 0 Å². The molecule has 0 atom stereocenters. The van der Waals surface area contributed by atoms with E-state index in [9.17, 15) is 14.9 Å². The highest BCUT2D eigenvalue weighted by Gasteiger charge is 2.05. The number of carbonyl (C=O) groups excluding carboxylic acids is 1. The first kappa shape index (κ1) is 16.0. The van der Waals surface area contributed by atoms with Crippen LogP contribution in [0.25, 0.3) is 0 Å². The van der Waals surface area contributed by atoms with E-state index in [2.05, 4.69) is 5.32 Å². The summed E-state index contributed by atoms with van der Waals surface area (Å²) in [5, 5.41) is 14.1. The second kappa shape index (κ2) is 7.06.